The van der Waals surface area contributed by atoms with E-state index >= 15 is 0 Å². The summed E-state index contributed by atoms with van der Waals surface area (Å²) < 4.78 is 10.7. The minimum atomic E-state index is 0. The van der Waals surface area contributed by atoms with Crippen molar-refractivity contribution in [2.45, 2.75) is 32.9 Å². The number of halogens is 2. The number of hydrogen-bond donors (Lipinski definition) is 1. The Morgan fingerprint density at radius 1 is 1.39 bits per heavy atom. The van der Waals surface area contributed by atoms with Crippen LogP contribution < -0.4 is 10.5 Å². The zero-order chi connectivity index (χ0) is 12.8. The molecule has 1 aromatic rings. The van der Waals surface area contributed by atoms with E-state index < -0.39 is 0 Å². The SMILES string of the molecule is CCOc1c(Cl)cc(COC)cc1CC(C)N.Cl. The van der Waals surface area contributed by atoms with Crippen molar-refractivity contribution in [2.24, 2.45) is 5.73 Å². The van der Waals surface area contributed by atoms with Crippen molar-refractivity contribution < 1.29 is 9.47 Å². The molecule has 0 heterocycles. The fourth-order valence-electron chi connectivity index (χ4n) is 1.77. The van der Waals surface area contributed by atoms with Crippen LogP contribution in [-0.4, -0.2) is 19.8 Å². The van der Waals surface area contributed by atoms with Crippen LogP contribution in [0.2, 0.25) is 5.02 Å². The minimum Gasteiger partial charge on any atom is -0.492 e. The van der Waals surface area contributed by atoms with Crippen LogP contribution in [0.25, 0.3) is 0 Å². The Hall–Kier alpha value is -0.480. The van der Waals surface area contributed by atoms with E-state index in [2.05, 4.69) is 0 Å². The molecule has 1 atom stereocenters. The maximum absolute atomic E-state index is 6.21. The Kier molecular flexibility index (Phi) is 8.36. The summed E-state index contributed by atoms with van der Waals surface area (Å²) >= 11 is 6.21. The third-order valence-electron chi connectivity index (χ3n) is 2.32. The second-order valence-corrected chi connectivity index (χ2v) is 4.52. The predicted octanol–water partition coefficient (Wildman–Crippen LogP) is 3.20. The molecule has 0 aliphatic carbocycles. The van der Waals surface area contributed by atoms with Gasteiger partial charge in [0.25, 0.3) is 0 Å². The van der Waals surface area contributed by atoms with Crippen LogP contribution in [0.5, 0.6) is 5.75 Å². The minimum absolute atomic E-state index is 0. The van der Waals surface area contributed by atoms with Crippen LogP contribution in [-0.2, 0) is 17.8 Å². The van der Waals surface area contributed by atoms with Crippen LogP contribution in [0.4, 0.5) is 0 Å². The molecule has 1 unspecified atom stereocenters. The lowest BCUT2D eigenvalue weighted by molar-refractivity contribution is 0.184. The number of rotatable bonds is 6. The number of hydrogen-bond acceptors (Lipinski definition) is 3. The highest BCUT2D eigenvalue weighted by molar-refractivity contribution is 6.32. The van der Waals surface area contributed by atoms with Crippen molar-refractivity contribution >= 4 is 24.0 Å². The lowest BCUT2D eigenvalue weighted by Crippen LogP contribution is -2.18. The van der Waals surface area contributed by atoms with E-state index in [0.717, 1.165) is 23.3 Å². The first-order chi connectivity index (χ1) is 8.08. The molecule has 0 amide bonds. The second-order valence-electron chi connectivity index (χ2n) is 4.11. The van der Waals surface area contributed by atoms with Gasteiger partial charge in [-0.1, -0.05) is 11.6 Å². The second kappa shape index (κ2) is 8.59. The monoisotopic (exact) mass is 293 g/mol. The summed E-state index contributed by atoms with van der Waals surface area (Å²) in [7, 11) is 1.66. The lowest BCUT2D eigenvalue weighted by Gasteiger charge is -2.15. The van der Waals surface area contributed by atoms with E-state index in [9.17, 15) is 0 Å². The molecule has 2 N–H and O–H groups in total. The quantitative estimate of drug-likeness (QED) is 0.876. The zero-order valence-corrected chi connectivity index (χ0v) is 12.6. The molecular formula is C13H21Cl2NO2. The molecule has 0 saturated heterocycles. The van der Waals surface area contributed by atoms with Gasteiger partial charge in [0.05, 0.1) is 18.2 Å². The summed E-state index contributed by atoms with van der Waals surface area (Å²) in [6.45, 7) is 5.04. The predicted molar refractivity (Wildman–Crippen MR) is 77.9 cm³/mol. The Morgan fingerprint density at radius 2 is 2.06 bits per heavy atom. The van der Waals surface area contributed by atoms with Gasteiger partial charge in [0.1, 0.15) is 5.75 Å². The smallest absolute Gasteiger partial charge is 0.141 e. The van der Waals surface area contributed by atoms with Gasteiger partial charge < -0.3 is 15.2 Å². The van der Waals surface area contributed by atoms with Gasteiger partial charge in [0.2, 0.25) is 0 Å². The molecule has 0 radical (unpaired) electrons. The van der Waals surface area contributed by atoms with Gasteiger partial charge in [0, 0.05) is 13.2 Å². The van der Waals surface area contributed by atoms with Gasteiger partial charge in [-0.05, 0) is 43.5 Å². The van der Waals surface area contributed by atoms with Crippen molar-refractivity contribution in [1.82, 2.24) is 0 Å². The Morgan fingerprint density at radius 3 is 2.56 bits per heavy atom. The molecule has 3 nitrogen and oxygen atoms in total. The highest BCUT2D eigenvalue weighted by Gasteiger charge is 2.12. The van der Waals surface area contributed by atoms with Crippen molar-refractivity contribution in [3.63, 3.8) is 0 Å². The van der Waals surface area contributed by atoms with Crippen molar-refractivity contribution in [3.05, 3.63) is 28.3 Å². The summed E-state index contributed by atoms with van der Waals surface area (Å²) in [5.74, 6) is 0.742. The molecule has 0 fully saturated rings. The molecule has 0 aromatic heterocycles. The highest BCUT2D eigenvalue weighted by atomic mass is 35.5. The van der Waals surface area contributed by atoms with E-state index in [0.29, 0.717) is 18.2 Å². The van der Waals surface area contributed by atoms with Gasteiger partial charge in [-0.2, -0.15) is 0 Å². The number of benzene rings is 1. The molecule has 104 valence electrons. The summed E-state index contributed by atoms with van der Waals surface area (Å²) in [4.78, 5) is 0. The highest BCUT2D eigenvalue weighted by Crippen LogP contribution is 2.31. The van der Waals surface area contributed by atoms with Crippen LogP contribution in [0.1, 0.15) is 25.0 Å². The first-order valence-corrected chi connectivity index (χ1v) is 6.14. The zero-order valence-electron chi connectivity index (χ0n) is 11.0. The maximum Gasteiger partial charge on any atom is 0.141 e. The molecule has 1 rings (SSSR count). The van der Waals surface area contributed by atoms with Gasteiger partial charge in [-0.15, -0.1) is 12.4 Å². The molecule has 0 bridgehead atoms. The van der Waals surface area contributed by atoms with E-state index in [1.165, 1.54) is 0 Å². The summed E-state index contributed by atoms with van der Waals surface area (Å²) in [6, 6.07) is 3.99. The molecule has 18 heavy (non-hydrogen) atoms. The Labute approximate surface area is 120 Å². The van der Waals surface area contributed by atoms with Gasteiger partial charge in [-0.3, -0.25) is 0 Å². The van der Waals surface area contributed by atoms with E-state index in [-0.39, 0.29) is 18.4 Å². The molecule has 1 aromatic carbocycles. The largest absolute Gasteiger partial charge is 0.492 e. The third kappa shape index (κ3) is 5.02. The summed E-state index contributed by atoms with van der Waals surface area (Å²) in [5, 5.41) is 0.622. The number of nitrogens with two attached hydrogens (primary N) is 1. The first-order valence-electron chi connectivity index (χ1n) is 5.77. The molecule has 0 aliphatic heterocycles. The van der Waals surface area contributed by atoms with Gasteiger partial charge in [-0.25, -0.2) is 0 Å². The van der Waals surface area contributed by atoms with Crippen molar-refractivity contribution in [1.29, 1.82) is 0 Å². The average molecular weight is 294 g/mol. The number of ether oxygens (including phenoxy) is 2. The first kappa shape index (κ1) is 17.5. The standard InChI is InChI=1S/C13H20ClNO2.ClH/c1-4-17-13-11(5-9(2)15)6-10(8-16-3)7-12(13)14;/h6-7,9H,4-5,8,15H2,1-3H3;1H. The summed E-state index contributed by atoms with van der Waals surface area (Å²) in [6.07, 6.45) is 0.743. The van der Waals surface area contributed by atoms with Crippen molar-refractivity contribution in [3.8, 4) is 5.75 Å². The lowest BCUT2D eigenvalue weighted by atomic mass is 10.0. The van der Waals surface area contributed by atoms with Crippen molar-refractivity contribution in [2.75, 3.05) is 13.7 Å². The maximum atomic E-state index is 6.21. The van der Waals surface area contributed by atoms with Crippen LogP contribution >= 0.6 is 24.0 Å². The van der Waals surface area contributed by atoms with Crippen LogP contribution in [0.3, 0.4) is 0 Å². The molecule has 5 heteroatoms. The summed E-state index contributed by atoms with van der Waals surface area (Å²) in [5.41, 5.74) is 7.92. The Balaban J connectivity index is 0.00000289. The van der Waals surface area contributed by atoms with Gasteiger partial charge >= 0.3 is 0 Å². The molecule has 0 aliphatic rings. The molecule has 0 saturated carbocycles. The third-order valence-corrected chi connectivity index (χ3v) is 2.60. The van der Waals surface area contributed by atoms with E-state index in [4.69, 9.17) is 26.8 Å². The average Bonchev–Trinajstić information content (AvgIpc) is 2.23. The fourth-order valence-corrected chi connectivity index (χ4v) is 2.08. The molecule has 0 spiro atoms. The molecular weight excluding hydrogens is 273 g/mol. The van der Waals surface area contributed by atoms with Gasteiger partial charge in [0.15, 0.2) is 0 Å². The van der Waals surface area contributed by atoms with E-state index in [1.54, 1.807) is 7.11 Å². The Bertz CT molecular complexity index is 370. The fraction of sp³-hybridized carbons (Fsp3) is 0.538. The normalized spacial score (nSPS) is 11.8. The number of methoxy groups -OCH3 is 1. The topological polar surface area (TPSA) is 44.5 Å². The van der Waals surface area contributed by atoms with E-state index in [1.807, 2.05) is 26.0 Å². The van der Waals surface area contributed by atoms with Crippen LogP contribution in [0, 0.1) is 0 Å². The van der Waals surface area contributed by atoms with Crippen LogP contribution in [0.15, 0.2) is 12.1 Å².